The predicted octanol–water partition coefficient (Wildman–Crippen LogP) is 4.35. The van der Waals surface area contributed by atoms with Crippen LogP contribution < -0.4 is 14.8 Å². The fraction of sp³-hybridized carbons (Fsp3) is 0.381. The molecule has 1 amide bonds. The Kier molecular flexibility index (Phi) is 6.45. The van der Waals surface area contributed by atoms with Gasteiger partial charge in [0.25, 0.3) is 5.91 Å². The van der Waals surface area contributed by atoms with E-state index in [9.17, 15) is 4.79 Å². The van der Waals surface area contributed by atoms with Gasteiger partial charge in [-0.05, 0) is 56.0 Å². The van der Waals surface area contributed by atoms with Crippen molar-refractivity contribution < 1.29 is 14.3 Å². The summed E-state index contributed by atoms with van der Waals surface area (Å²) in [5.74, 6) is 1.07. The summed E-state index contributed by atoms with van der Waals surface area (Å²) < 4.78 is 11.2. The molecule has 2 rings (SSSR count). The van der Waals surface area contributed by atoms with Crippen LogP contribution in [-0.2, 0) is 4.79 Å². The number of rotatable bonds is 7. The maximum absolute atomic E-state index is 12.6. The van der Waals surface area contributed by atoms with Crippen molar-refractivity contribution in [3.05, 3.63) is 59.2 Å². The zero-order valence-electron chi connectivity index (χ0n) is 15.6. The van der Waals surface area contributed by atoms with E-state index < -0.39 is 6.10 Å². The molecule has 25 heavy (non-hydrogen) atoms. The Balaban J connectivity index is 2.07. The summed E-state index contributed by atoms with van der Waals surface area (Å²) >= 11 is 0. The average molecular weight is 341 g/mol. The fourth-order valence-corrected chi connectivity index (χ4v) is 2.62. The van der Waals surface area contributed by atoms with Crippen LogP contribution in [0.1, 0.15) is 43.0 Å². The molecule has 0 aliphatic rings. The largest absolute Gasteiger partial charge is 0.493 e. The van der Waals surface area contributed by atoms with Gasteiger partial charge in [-0.25, -0.2) is 0 Å². The molecule has 0 spiro atoms. The lowest BCUT2D eigenvalue weighted by molar-refractivity contribution is -0.128. The zero-order chi connectivity index (χ0) is 18.4. The van der Waals surface area contributed by atoms with E-state index in [1.54, 1.807) is 7.11 Å². The molecular weight excluding hydrogens is 314 g/mol. The lowest BCUT2D eigenvalue weighted by atomic mass is 10.0. The minimum absolute atomic E-state index is 0.0814. The minimum Gasteiger partial charge on any atom is -0.493 e. The molecule has 4 nitrogen and oxygen atoms in total. The number of carbonyl (C=O) groups is 1. The van der Waals surface area contributed by atoms with Crippen molar-refractivity contribution in [2.24, 2.45) is 0 Å². The molecule has 1 N–H and O–H groups in total. The summed E-state index contributed by atoms with van der Waals surface area (Å²) in [7, 11) is 1.59. The fourth-order valence-electron chi connectivity index (χ4n) is 2.62. The van der Waals surface area contributed by atoms with E-state index in [2.05, 4.69) is 37.4 Å². The first-order chi connectivity index (χ1) is 12.0. The lowest BCUT2D eigenvalue weighted by Gasteiger charge is -2.22. The number of para-hydroxylation sites is 2. The number of benzene rings is 2. The Labute approximate surface area is 150 Å². The van der Waals surface area contributed by atoms with Crippen LogP contribution in [0.5, 0.6) is 11.5 Å². The van der Waals surface area contributed by atoms with Gasteiger partial charge in [0.1, 0.15) is 0 Å². The van der Waals surface area contributed by atoms with Crippen molar-refractivity contribution in [2.45, 2.75) is 46.3 Å². The molecule has 0 bridgehead atoms. The first-order valence-electron chi connectivity index (χ1n) is 8.63. The van der Waals surface area contributed by atoms with E-state index in [-0.39, 0.29) is 11.9 Å². The summed E-state index contributed by atoms with van der Waals surface area (Å²) in [6.45, 7) is 8.07. The number of carbonyl (C=O) groups excluding carboxylic acids is 1. The number of amides is 1. The average Bonchev–Trinajstić information content (AvgIpc) is 2.61. The second kappa shape index (κ2) is 8.56. The van der Waals surface area contributed by atoms with E-state index in [1.807, 2.05) is 38.1 Å². The molecule has 134 valence electrons. The third-order valence-corrected chi connectivity index (χ3v) is 4.39. The number of aryl methyl sites for hydroxylation is 2. The molecule has 0 aromatic heterocycles. The Hall–Kier alpha value is -2.49. The molecule has 0 heterocycles. The molecule has 2 aromatic carbocycles. The van der Waals surface area contributed by atoms with Gasteiger partial charge in [-0.15, -0.1) is 0 Å². The maximum atomic E-state index is 12.6. The van der Waals surface area contributed by atoms with Crippen LogP contribution in [0.25, 0.3) is 0 Å². The van der Waals surface area contributed by atoms with E-state index >= 15 is 0 Å². The smallest absolute Gasteiger partial charge is 0.261 e. The van der Waals surface area contributed by atoms with E-state index in [0.29, 0.717) is 17.9 Å². The Morgan fingerprint density at radius 3 is 2.36 bits per heavy atom. The van der Waals surface area contributed by atoms with Crippen LogP contribution in [0.4, 0.5) is 0 Å². The minimum atomic E-state index is -0.565. The van der Waals surface area contributed by atoms with Crippen molar-refractivity contribution in [2.75, 3.05) is 7.11 Å². The van der Waals surface area contributed by atoms with Gasteiger partial charge in [0.2, 0.25) is 0 Å². The zero-order valence-corrected chi connectivity index (χ0v) is 15.6. The standard InChI is InChI=1S/C21H27NO3/c1-6-18(25-20-10-8-7-9-19(20)24-5)21(23)22-16(4)17-12-11-14(2)15(3)13-17/h7-13,16,18H,6H2,1-5H3,(H,22,23). The number of hydrogen-bond acceptors (Lipinski definition) is 3. The summed E-state index contributed by atoms with van der Waals surface area (Å²) in [6, 6.07) is 13.5. The third kappa shape index (κ3) is 4.75. The lowest BCUT2D eigenvalue weighted by Crippen LogP contribution is -2.39. The molecule has 0 fully saturated rings. The Morgan fingerprint density at radius 2 is 1.76 bits per heavy atom. The maximum Gasteiger partial charge on any atom is 0.261 e. The van der Waals surface area contributed by atoms with Gasteiger partial charge in [-0.1, -0.05) is 37.3 Å². The van der Waals surface area contributed by atoms with Gasteiger partial charge >= 0.3 is 0 Å². The van der Waals surface area contributed by atoms with Gasteiger partial charge in [-0.2, -0.15) is 0 Å². The van der Waals surface area contributed by atoms with E-state index in [1.165, 1.54) is 11.1 Å². The Morgan fingerprint density at radius 1 is 1.08 bits per heavy atom. The summed E-state index contributed by atoms with van der Waals surface area (Å²) in [4.78, 5) is 12.6. The highest BCUT2D eigenvalue weighted by Crippen LogP contribution is 2.27. The molecular formula is C21H27NO3. The molecule has 2 unspecified atom stereocenters. The summed E-state index contributed by atoms with van der Waals surface area (Å²) in [5, 5.41) is 3.05. The molecule has 0 aliphatic carbocycles. The van der Waals surface area contributed by atoms with E-state index in [0.717, 1.165) is 5.56 Å². The van der Waals surface area contributed by atoms with Crippen molar-refractivity contribution >= 4 is 5.91 Å². The summed E-state index contributed by atoms with van der Waals surface area (Å²) in [5.41, 5.74) is 3.55. The number of ether oxygens (including phenoxy) is 2. The quantitative estimate of drug-likeness (QED) is 0.814. The monoisotopic (exact) mass is 341 g/mol. The molecule has 2 aromatic rings. The predicted molar refractivity (Wildman–Crippen MR) is 100 cm³/mol. The SMILES string of the molecule is CCC(Oc1ccccc1OC)C(=O)NC(C)c1ccc(C)c(C)c1. The van der Waals surface area contributed by atoms with Crippen LogP contribution in [0.15, 0.2) is 42.5 Å². The third-order valence-electron chi connectivity index (χ3n) is 4.39. The number of methoxy groups -OCH3 is 1. The Bertz CT molecular complexity index is 727. The van der Waals surface area contributed by atoms with Crippen molar-refractivity contribution in [1.29, 1.82) is 0 Å². The van der Waals surface area contributed by atoms with Crippen LogP contribution in [0, 0.1) is 13.8 Å². The van der Waals surface area contributed by atoms with Gasteiger partial charge in [0.05, 0.1) is 13.2 Å². The highest BCUT2D eigenvalue weighted by Gasteiger charge is 2.22. The van der Waals surface area contributed by atoms with E-state index in [4.69, 9.17) is 9.47 Å². The molecule has 0 saturated carbocycles. The van der Waals surface area contributed by atoms with Crippen molar-refractivity contribution in [3.8, 4) is 11.5 Å². The number of nitrogens with one attached hydrogen (secondary N) is 1. The van der Waals surface area contributed by atoms with Gasteiger partial charge < -0.3 is 14.8 Å². The van der Waals surface area contributed by atoms with Crippen molar-refractivity contribution in [3.63, 3.8) is 0 Å². The number of hydrogen-bond donors (Lipinski definition) is 1. The molecule has 0 saturated heterocycles. The van der Waals surface area contributed by atoms with Gasteiger partial charge in [0, 0.05) is 0 Å². The molecule has 4 heteroatoms. The second-order valence-electron chi connectivity index (χ2n) is 6.24. The van der Waals surface area contributed by atoms with Crippen LogP contribution in [-0.4, -0.2) is 19.1 Å². The molecule has 2 atom stereocenters. The second-order valence-corrected chi connectivity index (χ2v) is 6.24. The topological polar surface area (TPSA) is 47.6 Å². The van der Waals surface area contributed by atoms with Crippen LogP contribution in [0.2, 0.25) is 0 Å². The van der Waals surface area contributed by atoms with Crippen molar-refractivity contribution in [1.82, 2.24) is 5.32 Å². The van der Waals surface area contributed by atoms with Gasteiger partial charge in [0.15, 0.2) is 17.6 Å². The van der Waals surface area contributed by atoms with Crippen LogP contribution >= 0.6 is 0 Å². The highest BCUT2D eigenvalue weighted by molar-refractivity contribution is 5.81. The van der Waals surface area contributed by atoms with Crippen LogP contribution in [0.3, 0.4) is 0 Å². The molecule has 0 aliphatic heterocycles. The highest BCUT2D eigenvalue weighted by atomic mass is 16.5. The molecule has 0 radical (unpaired) electrons. The van der Waals surface area contributed by atoms with Gasteiger partial charge in [-0.3, -0.25) is 4.79 Å². The normalized spacial score (nSPS) is 13.0. The first kappa shape index (κ1) is 18.8. The first-order valence-corrected chi connectivity index (χ1v) is 8.63. The summed E-state index contributed by atoms with van der Waals surface area (Å²) in [6.07, 6.45) is 0.00840.